The van der Waals surface area contributed by atoms with Crippen molar-refractivity contribution in [3.05, 3.63) is 23.3 Å². The zero-order valence-corrected chi connectivity index (χ0v) is 11.2. The van der Waals surface area contributed by atoms with Crippen LogP contribution in [0.3, 0.4) is 0 Å². The first-order valence-corrected chi connectivity index (χ1v) is 9.18. The van der Waals surface area contributed by atoms with Crippen molar-refractivity contribution in [2.45, 2.75) is 19.6 Å². The van der Waals surface area contributed by atoms with Crippen LogP contribution < -0.4 is 14.7 Å². The second-order valence-corrected chi connectivity index (χ2v) is 10.4. The van der Waals surface area contributed by atoms with Gasteiger partial charge >= 0.3 is 0 Å². The lowest BCUT2D eigenvalue weighted by atomic mass is 10.1. The molecule has 1 aliphatic carbocycles. The van der Waals surface area contributed by atoms with Crippen molar-refractivity contribution in [2.75, 3.05) is 6.79 Å². The fraction of sp³-hybridized carbons (Fsp3) is 0.308. The predicted molar refractivity (Wildman–Crippen MR) is 68.9 cm³/mol. The first-order valence-electron chi connectivity index (χ1n) is 5.68. The van der Waals surface area contributed by atoms with Gasteiger partial charge in [0.15, 0.2) is 17.3 Å². The number of rotatable bonds is 1. The molecule has 0 fully saturated rings. The Balaban J connectivity index is 2.36. The highest BCUT2D eigenvalue weighted by molar-refractivity contribution is 6.90. The zero-order chi connectivity index (χ0) is 12.2. The van der Waals surface area contributed by atoms with Crippen LogP contribution in [-0.4, -0.2) is 20.7 Å². The summed E-state index contributed by atoms with van der Waals surface area (Å²) < 4.78 is 11.0. The van der Waals surface area contributed by atoms with Crippen molar-refractivity contribution >= 4 is 25.1 Å². The Morgan fingerprint density at radius 3 is 2.65 bits per heavy atom. The number of carbonyl (C=O) groups is 1. The van der Waals surface area contributed by atoms with E-state index >= 15 is 0 Å². The summed E-state index contributed by atoms with van der Waals surface area (Å²) in [4.78, 5) is 11.8. The molecule has 0 saturated carbocycles. The molecule has 0 bridgehead atoms. The van der Waals surface area contributed by atoms with Gasteiger partial charge in [0.2, 0.25) is 6.79 Å². The van der Waals surface area contributed by atoms with E-state index in [9.17, 15) is 4.79 Å². The van der Waals surface area contributed by atoms with Crippen LogP contribution in [-0.2, 0) is 0 Å². The van der Waals surface area contributed by atoms with Gasteiger partial charge in [-0.15, -0.1) is 0 Å². The van der Waals surface area contributed by atoms with Gasteiger partial charge in [-0.3, -0.25) is 4.79 Å². The summed E-state index contributed by atoms with van der Waals surface area (Å²) in [7, 11) is -1.59. The summed E-state index contributed by atoms with van der Waals surface area (Å²) >= 11 is 0. The molecule has 4 heteroatoms. The monoisotopic (exact) mass is 246 g/mol. The fourth-order valence-electron chi connectivity index (χ4n) is 2.43. The highest BCUT2D eigenvalue weighted by atomic mass is 28.3. The van der Waals surface area contributed by atoms with E-state index in [1.54, 1.807) is 6.08 Å². The molecular weight excluding hydrogens is 232 g/mol. The molecule has 0 saturated heterocycles. The van der Waals surface area contributed by atoms with E-state index in [0.717, 1.165) is 22.6 Å². The standard InChI is InChI=1S/C13H14O3Si/c1-17(2,3)13-8-4-5-10(14)9(8)6-11-12(13)16-7-15-11/h4-6H,7H2,1-3H3. The first-order chi connectivity index (χ1) is 7.98. The van der Waals surface area contributed by atoms with Gasteiger partial charge < -0.3 is 9.47 Å². The average Bonchev–Trinajstić information content (AvgIpc) is 2.81. The highest BCUT2D eigenvalue weighted by Gasteiger charge is 2.33. The Kier molecular flexibility index (Phi) is 2.01. The van der Waals surface area contributed by atoms with E-state index < -0.39 is 8.07 Å². The Hall–Kier alpha value is -1.55. The van der Waals surface area contributed by atoms with Gasteiger partial charge in [0.25, 0.3) is 0 Å². The molecule has 0 amide bonds. The predicted octanol–water partition coefficient (Wildman–Crippen LogP) is 2.17. The molecule has 3 nitrogen and oxygen atoms in total. The van der Waals surface area contributed by atoms with Gasteiger partial charge in [0.05, 0.1) is 8.07 Å². The Labute approximate surface area is 101 Å². The third-order valence-electron chi connectivity index (χ3n) is 3.12. The number of benzene rings is 1. The van der Waals surface area contributed by atoms with E-state index in [4.69, 9.17) is 9.47 Å². The molecule has 1 aliphatic heterocycles. The maximum absolute atomic E-state index is 11.8. The Bertz CT molecular complexity index is 553. The zero-order valence-electron chi connectivity index (χ0n) is 10.2. The van der Waals surface area contributed by atoms with Crippen LogP contribution in [0.5, 0.6) is 11.5 Å². The maximum atomic E-state index is 11.8. The third-order valence-corrected chi connectivity index (χ3v) is 5.12. The molecule has 17 heavy (non-hydrogen) atoms. The summed E-state index contributed by atoms with van der Waals surface area (Å²) in [5.41, 5.74) is 1.80. The second kappa shape index (κ2) is 3.23. The largest absolute Gasteiger partial charge is 0.454 e. The molecular formula is C13H14O3Si. The molecule has 0 atom stereocenters. The van der Waals surface area contributed by atoms with Crippen molar-refractivity contribution < 1.29 is 14.3 Å². The summed E-state index contributed by atoms with van der Waals surface area (Å²) in [6.45, 7) is 7.01. The topological polar surface area (TPSA) is 35.5 Å². The van der Waals surface area contributed by atoms with Crippen molar-refractivity contribution in [2.24, 2.45) is 0 Å². The van der Waals surface area contributed by atoms with E-state index in [1.165, 1.54) is 5.19 Å². The van der Waals surface area contributed by atoms with Crippen LogP contribution in [0.15, 0.2) is 12.1 Å². The molecule has 3 rings (SSSR count). The second-order valence-electron chi connectivity index (χ2n) is 5.39. The van der Waals surface area contributed by atoms with Gasteiger partial charge in [-0.25, -0.2) is 0 Å². The minimum Gasteiger partial charge on any atom is -0.454 e. The van der Waals surface area contributed by atoms with Crippen LogP contribution in [0.1, 0.15) is 15.9 Å². The third kappa shape index (κ3) is 1.44. The number of hydrogen-bond acceptors (Lipinski definition) is 3. The van der Waals surface area contributed by atoms with E-state index in [1.807, 2.05) is 12.1 Å². The van der Waals surface area contributed by atoms with Gasteiger partial charge in [-0.2, -0.15) is 0 Å². The van der Waals surface area contributed by atoms with Crippen LogP contribution in [0.2, 0.25) is 19.6 Å². The van der Waals surface area contributed by atoms with E-state index in [2.05, 4.69) is 19.6 Å². The lowest BCUT2D eigenvalue weighted by molar-refractivity contribution is 0.104. The number of allylic oxidation sites excluding steroid dienone is 1. The van der Waals surface area contributed by atoms with Gasteiger partial charge in [-0.1, -0.05) is 25.7 Å². The van der Waals surface area contributed by atoms with E-state index in [-0.39, 0.29) is 12.6 Å². The Morgan fingerprint density at radius 2 is 1.94 bits per heavy atom. The normalized spacial score (nSPS) is 16.5. The number of ketones is 1. The van der Waals surface area contributed by atoms with Crippen LogP contribution in [0.25, 0.3) is 6.08 Å². The minimum atomic E-state index is -1.59. The average molecular weight is 246 g/mol. The Morgan fingerprint density at radius 1 is 1.18 bits per heavy atom. The van der Waals surface area contributed by atoms with Crippen molar-refractivity contribution in [1.29, 1.82) is 0 Å². The molecule has 1 aromatic rings. The van der Waals surface area contributed by atoms with Crippen LogP contribution in [0, 0.1) is 0 Å². The molecule has 0 spiro atoms. The van der Waals surface area contributed by atoms with Crippen LogP contribution >= 0.6 is 0 Å². The van der Waals surface area contributed by atoms with Gasteiger partial charge in [-0.05, 0) is 22.9 Å². The van der Waals surface area contributed by atoms with Crippen molar-refractivity contribution in [3.8, 4) is 11.5 Å². The number of fused-ring (bicyclic) bond motifs is 2. The van der Waals surface area contributed by atoms with E-state index in [0.29, 0.717) is 0 Å². The molecule has 0 aromatic heterocycles. The fourth-order valence-corrected chi connectivity index (χ4v) is 4.33. The highest BCUT2D eigenvalue weighted by Crippen LogP contribution is 2.37. The smallest absolute Gasteiger partial charge is 0.231 e. The number of carbonyl (C=O) groups excluding carboxylic acids is 1. The first kappa shape index (κ1) is 10.6. The molecule has 1 aromatic carbocycles. The number of ether oxygens (including phenoxy) is 2. The van der Waals surface area contributed by atoms with Gasteiger partial charge in [0, 0.05) is 5.56 Å². The molecule has 1 heterocycles. The van der Waals surface area contributed by atoms with Gasteiger partial charge in [0.1, 0.15) is 0 Å². The molecule has 88 valence electrons. The summed E-state index contributed by atoms with van der Waals surface area (Å²) in [6, 6.07) is 1.81. The SMILES string of the molecule is C[Si](C)(C)c1c2c(cc3c1OCO3)C(=O)C=C2. The summed E-state index contributed by atoms with van der Waals surface area (Å²) in [5, 5.41) is 1.20. The van der Waals surface area contributed by atoms with Crippen LogP contribution in [0.4, 0.5) is 0 Å². The van der Waals surface area contributed by atoms with Crippen molar-refractivity contribution in [3.63, 3.8) is 0 Å². The molecule has 0 unspecified atom stereocenters. The lowest BCUT2D eigenvalue weighted by Crippen LogP contribution is -2.40. The van der Waals surface area contributed by atoms with Crippen molar-refractivity contribution in [1.82, 2.24) is 0 Å². The quantitative estimate of drug-likeness (QED) is 0.712. The molecule has 0 N–H and O–H groups in total. The molecule has 0 radical (unpaired) electrons. The lowest BCUT2D eigenvalue weighted by Gasteiger charge is -2.22. The molecule has 2 aliphatic rings. The summed E-state index contributed by atoms with van der Waals surface area (Å²) in [6.07, 6.45) is 3.54. The number of hydrogen-bond donors (Lipinski definition) is 0. The summed E-state index contributed by atoms with van der Waals surface area (Å²) in [5.74, 6) is 1.64. The minimum absolute atomic E-state index is 0.0674. The maximum Gasteiger partial charge on any atom is 0.231 e.